The molecule has 5 nitrogen and oxygen atoms in total. The van der Waals surface area contributed by atoms with Crippen molar-refractivity contribution in [2.75, 3.05) is 38.5 Å². The van der Waals surface area contributed by atoms with E-state index in [1.165, 1.54) is 0 Å². The second kappa shape index (κ2) is 7.30. The van der Waals surface area contributed by atoms with Crippen molar-refractivity contribution in [1.29, 1.82) is 0 Å². The molecule has 1 saturated carbocycles. The molecule has 1 saturated heterocycles. The SMILES string of the molecule is O=S(=O)(CCc1ccccc1)N1CCN(CC(O)C2CC2)CC1. The van der Waals surface area contributed by atoms with Crippen molar-refractivity contribution in [3.05, 3.63) is 35.9 Å². The van der Waals surface area contributed by atoms with Gasteiger partial charge in [0, 0.05) is 32.7 Å². The van der Waals surface area contributed by atoms with Crippen LogP contribution in [0.15, 0.2) is 30.3 Å². The number of nitrogens with zero attached hydrogens (tertiary/aromatic N) is 2. The van der Waals surface area contributed by atoms with E-state index < -0.39 is 10.0 Å². The number of aliphatic hydroxyl groups excluding tert-OH is 1. The number of rotatable bonds is 7. The summed E-state index contributed by atoms with van der Waals surface area (Å²) < 4.78 is 26.5. The summed E-state index contributed by atoms with van der Waals surface area (Å²) in [6, 6.07) is 9.74. The Kier molecular flexibility index (Phi) is 5.36. The van der Waals surface area contributed by atoms with E-state index in [0.29, 0.717) is 45.1 Å². The Morgan fingerprint density at radius 3 is 2.35 bits per heavy atom. The largest absolute Gasteiger partial charge is 0.392 e. The number of hydrogen-bond donors (Lipinski definition) is 1. The van der Waals surface area contributed by atoms with E-state index in [4.69, 9.17) is 0 Å². The van der Waals surface area contributed by atoms with Crippen molar-refractivity contribution in [3.8, 4) is 0 Å². The molecule has 1 heterocycles. The number of benzene rings is 1. The highest BCUT2D eigenvalue weighted by Crippen LogP contribution is 2.32. The minimum atomic E-state index is -3.19. The highest BCUT2D eigenvalue weighted by molar-refractivity contribution is 7.89. The molecule has 1 aromatic carbocycles. The molecule has 0 radical (unpaired) electrons. The lowest BCUT2D eigenvalue weighted by Crippen LogP contribution is -2.51. The highest BCUT2D eigenvalue weighted by Gasteiger charge is 2.33. The molecule has 1 atom stereocenters. The van der Waals surface area contributed by atoms with E-state index >= 15 is 0 Å². The summed E-state index contributed by atoms with van der Waals surface area (Å²) in [7, 11) is -3.19. The average molecular weight is 338 g/mol. The van der Waals surface area contributed by atoms with Gasteiger partial charge in [-0.3, -0.25) is 4.90 Å². The molecule has 1 aliphatic carbocycles. The van der Waals surface area contributed by atoms with Crippen LogP contribution < -0.4 is 0 Å². The second-order valence-corrected chi connectivity index (χ2v) is 8.74. The lowest BCUT2D eigenvalue weighted by atomic mass is 10.2. The molecule has 0 spiro atoms. The van der Waals surface area contributed by atoms with Gasteiger partial charge in [0.15, 0.2) is 0 Å². The number of β-amino-alcohol motifs (C(OH)–C–C–N with tert-alkyl or cyclic N) is 1. The fourth-order valence-electron chi connectivity index (χ4n) is 3.11. The minimum absolute atomic E-state index is 0.168. The third-order valence-electron chi connectivity index (χ3n) is 4.83. The summed E-state index contributed by atoms with van der Waals surface area (Å²) in [6.45, 7) is 3.19. The normalized spacial score (nSPS) is 22.1. The van der Waals surface area contributed by atoms with Gasteiger partial charge in [-0.1, -0.05) is 30.3 Å². The van der Waals surface area contributed by atoms with Gasteiger partial charge in [0.2, 0.25) is 10.0 Å². The molecule has 2 aliphatic rings. The predicted octanol–water partition coefficient (Wildman–Crippen LogP) is 0.947. The van der Waals surface area contributed by atoms with Crippen molar-refractivity contribution in [2.24, 2.45) is 5.92 Å². The van der Waals surface area contributed by atoms with Crippen LogP contribution in [0.25, 0.3) is 0 Å². The number of aryl methyl sites for hydroxylation is 1. The van der Waals surface area contributed by atoms with Crippen LogP contribution in [0.2, 0.25) is 0 Å². The number of aliphatic hydroxyl groups is 1. The lowest BCUT2D eigenvalue weighted by Gasteiger charge is -2.35. The highest BCUT2D eigenvalue weighted by atomic mass is 32.2. The third-order valence-corrected chi connectivity index (χ3v) is 6.70. The third kappa shape index (κ3) is 4.76. The first-order valence-electron chi connectivity index (χ1n) is 8.47. The Bertz CT molecular complexity index is 594. The molecule has 1 aromatic rings. The zero-order chi connectivity index (χ0) is 16.3. The zero-order valence-electron chi connectivity index (χ0n) is 13.5. The van der Waals surface area contributed by atoms with E-state index in [0.717, 1.165) is 18.4 Å². The van der Waals surface area contributed by atoms with Crippen LogP contribution in [0.4, 0.5) is 0 Å². The first kappa shape index (κ1) is 16.9. The molecule has 0 bridgehead atoms. The fourth-order valence-corrected chi connectivity index (χ4v) is 4.58. The molecular weight excluding hydrogens is 312 g/mol. The second-order valence-electron chi connectivity index (χ2n) is 6.66. The number of sulfonamides is 1. The van der Waals surface area contributed by atoms with Crippen molar-refractivity contribution in [1.82, 2.24) is 9.21 Å². The summed E-state index contributed by atoms with van der Waals surface area (Å²) in [5.41, 5.74) is 1.06. The van der Waals surface area contributed by atoms with Crippen LogP contribution >= 0.6 is 0 Å². The Hall–Kier alpha value is -0.950. The fraction of sp³-hybridized carbons (Fsp3) is 0.647. The molecule has 2 fully saturated rings. The zero-order valence-corrected chi connectivity index (χ0v) is 14.3. The van der Waals surface area contributed by atoms with Crippen LogP contribution in [-0.2, 0) is 16.4 Å². The van der Waals surface area contributed by atoms with Gasteiger partial charge in [-0.25, -0.2) is 8.42 Å². The Morgan fingerprint density at radius 1 is 1.09 bits per heavy atom. The number of piperazine rings is 1. The van der Waals surface area contributed by atoms with Gasteiger partial charge >= 0.3 is 0 Å². The minimum Gasteiger partial charge on any atom is -0.392 e. The first-order valence-corrected chi connectivity index (χ1v) is 10.1. The Morgan fingerprint density at radius 2 is 1.74 bits per heavy atom. The van der Waals surface area contributed by atoms with Crippen LogP contribution in [-0.4, -0.2) is 67.3 Å². The predicted molar refractivity (Wildman–Crippen MR) is 90.7 cm³/mol. The molecule has 23 heavy (non-hydrogen) atoms. The molecule has 0 amide bonds. The van der Waals surface area contributed by atoms with Gasteiger partial charge in [0.1, 0.15) is 0 Å². The van der Waals surface area contributed by atoms with Gasteiger partial charge in [-0.15, -0.1) is 0 Å². The van der Waals surface area contributed by atoms with Gasteiger partial charge < -0.3 is 5.11 Å². The van der Waals surface area contributed by atoms with E-state index in [1.807, 2.05) is 30.3 Å². The van der Waals surface area contributed by atoms with Crippen molar-refractivity contribution in [3.63, 3.8) is 0 Å². The topological polar surface area (TPSA) is 60.9 Å². The summed E-state index contributed by atoms with van der Waals surface area (Å²) in [5, 5.41) is 10.0. The van der Waals surface area contributed by atoms with Gasteiger partial charge in [-0.05, 0) is 30.7 Å². The van der Waals surface area contributed by atoms with Crippen LogP contribution in [0.3, 0.4) is 0 Å². The maximum Gasteiger partial charge on any atom is 0.214 e. The lowest BCUT2D eigenvalue weighted by molar-refractivity contribution is 0.0782. The van der Waals surface area contributed by atoms with Gasteiger partial charge in [-0.2, -0.15) is 4.31 Å². The monoisotopic (exact) mass is 338 g/mol. The molecular formula is C17H26N2O3S. The van der Waals surface area contributed by atoms with E-state index in [1.54, 1.807) is 4.31 Å². The maximum absolute atomic E-state index is 12.5. The summed E-state index contributed by atoms with van der Waals surface area (Å²) in [4.78, 5) is 2.19. The van der Waals surface area contributed by atoms with Gasteiger partial charge in [0.05, 0.1) is 11.9 Å². The molecule has 128 valence electrons. The number of hydrogen-bond acceptors (Lipinski definition) is 4. The summed E-state index contributed by atoms with van der Waals surface area (Å²) in [5.74, 6) is 0.643. The first-order chi connectivity index (χ1) is 11.0. The Balaban J connectivity index is 1.46. The Labute approximate surface area is 139 Å². The standard InChI is InChI=1S/C17H26N2O3S/c20-17(16-6-7-16)14-18-9-11-19(12-10-18)23(21,22)13-8-15-4-2-1-3-5-15/h1-5,16-17,20H,6-14H2. The van der Waals surface area contributed by atoms with Gasteiger partial charge in [0.25, 0.3) is 0 Å². The molecule has 0 aromatic heterocycles. The van der Waals surface area contributed by atoms with Crippen molar-refractivity contribution < 1.29 is 13.5 Å². The van der Waals surface area contributed by atoms with Crippen molar-refractivity contribution >= 4 is 10.0 Å². The quantitative estimate of drug-likeness (QED) is 0.804. The average Bonchev–Trinajstić information content (AvgIpc) is 3.40. The van der Waals surface area contributed by atoms with Crippen LogP contribution in [0.5, 0.6) is 0 Å². The van der Waals surface area contributed by atoms with Crippen LogP contribution in [0.1, 0.15) is 18.4 Å². The smallest absolute Gasteiger partial charge is 0.214 e. The molecule has 1 N–H and O–H groups in total. The van der Waals surface area contributed by atoms with E-state index in [-0.39, 0.29) is 11.9 Å². The van der Waals surface area contributed by atoms with Crippen molar-refractivity contribution in [2.45, 2.75) is 25.4 Å². The molecule has 6 heteroatoms. The van der Waals surface area contributed by atoms with Crippen LogP contribution in [0, 0.1) is 5.92 Å². The summed E-state index contributed by atoms with van der Waals surface area (Å²) >= 11 is 0. The summed E-state index contributed by atoms with van der Waals surface area (Å²) in [6.07, 6.45) is 2.59. The van der Waals surface area contributed by atoms with E-state index in [9.17, 15) is 13.5 Å². The molecule has 3 rings (SSSR count). The van der Waals surface area contributed by atoms with E-state index in [2.05, 4.69) is 4.90 Å². The molecule has 1 aliphatic heterocycles. The molecule has 1 unspecified atom stereocenters. The maximum atomic E-state index is 12.5.